The molecule has 0 fully saturated rings. The van der Waals surface area contributed by atoms with Gasteiger partial charge in [0.25, 0.3) is 15.8 Å². The minimum Gasteiger partial charge on any atom is -0.505 e. The number of methoxy groups -OCH3 is 2. The molecule has 0 aliphatic rings. The van der Waals surface area contributed by atoms with E-state index < -0.39 is 32.2 Å². The lowest BCUT2D eigenvalue weighted by Gasteiger charge is -2.10. The second-order valence-corrected chi connectivity index (χ2v) is 13.2. The third kappa shape index (κ3) is 8.97. The third-order valence-corrected chi connectivity index (χ3v) is 9.18. The zero-order valence-corrected chi connectivity index (χ0v) is 30.0. The number of non-ortho nitro benzene ring substituents is 1. The first-order chi connectivity index (χ1) is 26.4. The second-order valence-electron chi connectivity index (χ2n) is 11.8. The zero-order valence-electron chi connectivity index (χ0n) is 29.2. The van der Waals surface area contributed by atoms with Gasteiger partial charge in [-0.3, -0.25) is 14.7 Å². The highest BCUT2D eigenvalue weighted by atomic mass is 32.2. The predicted octanol–water partition coefficient (Wildman–Crippen LogP) is 9.95. The lowest BCUT2D eigenvalue weighted by Crippen LogP contribution is -2.02. The van der Waals surface area contributed by atoms with E-state index in [4.69, 9.17) is 9.47 Å². The largest absolute Gasteiger partial charge is 0.505 e. The van der Waals surface area contributed by atoms with Crippen molar-refractivity contribution in [3.8, 4) is 17.2 Å². The summed E-state index contributed by atoms with van der Waals surface area (Å²) < 4.78 is 43.9. The van der Waals surface area contributed by atoms with Gasteiger partial charge >= 0.3 is 0 Å². The van der Waals surface area contributed by atoms with E-state index in [1.807, 2.05) is 42.5 Å². The summed E-state index contributed by atoms with van der Waals surface area (Å²) in [5, 5.41) is 54.0. The molecule has 0 radical (unpaired) electrons. The number of azo groups is 2. The van der Waals surface area contributed by atoms with Crippen molar-refractivity contribution >= 4 is 72.9 Å². The Hall–Kier alpha value is -7.01. The first-order valence-electron chi connectivity index (χ1n) is 16.3. The third-order valence-electron chi connectivity index (χ3n) is 8.27. The highest BCUT2D eigenvalue weighted by Gasteiger charge is 2.19. The molecule has 0 amide bonds. The maximum atomic E-state index is 11.8. The topological polar surface area (TPSA) is 218 Å². The number of phenolic OH excluding ortho intramolecular Hbond substituents is 1. The molecule has 4 N–H and O–H groups in total. The maximum absolute atomic E-state index is 11.8. The fourth-order valence-electron chi connectivity index (χ4n) is 5.42. The van der Waals surface area contributed by atoms with Crippen molar-refractivity contribution in [2.75, 3.05) is 19.5 Å². The lowest BCUT2D eigenvalue weighted by molar-refractivity contribution is -0.385. The standard InChI is InChI=1S/C39H32N6O9S/c1-53-32-15-11-28(12-16-32)40-30-13-17-33-26(19-30)8-18-34(39(33)47)42-44-36-20-27(23-46)35(22-37(36)54-2)43-41-29-9-4-24(5-10-29)3-6-25-7-14-31(45(48)49)21-38(25)55(50,51)52/h3-22,40,46-47H,23H2,1-2H3,(H,50,51,52). The van der Waals surface area contributed by atoms with E-state index in [-0.39, 0.29) is 22.7 Å². The summed E-state index contributed by atoms with van der Waals surface area (Å²) in [7, 11) is -1.66. The molecule has 6 aromatic carbocycles. The first-order valence-corrected chi connectivity index (χ1v) is 17.8. The van der Waals surface area contributed by atoms with Gasteiger partial charge in [-0.2, -0.15) is 18.6 Å². The van der Waals surface area contributed by atoms with Gasteiger partial charge in [-0.15, -0.1) is 10.2 Å². The number of nitrogens with zero attached hydrogens (tertiary/aromatic N) is 5. The highest BCUT2D eigenvalue weighted by Crippen LogP contribution is 2.40. The van der Waals surface area contributed by atoms with E-state index >= 15 is 0 Å². The summed E-state index contributed by atoms with van der Waals surface area (Å²) in [5.74, 6) is 0.989. The number of nitro benzene ring substituents is 1. The number of nitrogens with one attached hydrogen (secondary N) is 1. The average molecular weight is 761 g/mol. The molecule has 0 aliphatic carbocycles. The van der Waals surface area contributed by atoms with Crippen LogP contribution in [0, 0.1) is 10.1 Å². The maximum Gasteiger partial charge on any atom is 0.295 e. The summed E-state index contributed by atoms with van der Waals surface area (Å²) in [6, 6.07) is 29.4. The van der Waals surface area contributed by atoms with E-state index in [0.717, 1.165) is 34.6 Å². The molecule has 6 aromatic rings. The van der Waals surface area contributed by atoms with Crippen molar-refractivity contribution < 1.29 is 37.6 Å². The summed E-state index contributed by atoms with van der Waals surface area (Å²) in [6.45, 7) is -0.396. The molecule has 16 heteroatoms. The Bertz CT molecular complexity index is 2590. The number of rotatable bonds is 13. The van der Waals surface area contributed by atoms with Crippen LogP contribution in [0.2, 0.25) is 0 Å². The molecule has 6 rings (SSSR count). The minimum atomic E-state index is -4.72. The van der Waals surface area contributed by atoms with Crippen LogP contribution < -0.4 is 14.8 Å². The monoisotopic (exact) mass is 760 g/mol. The average Bonchev–Trinajstić information content (AvgIpc) is 3.19. The van der Waals surface area contributed by atoms with Crippen LogP contribution in [0.4, 0.5) is 39.8 Å². The van der Waals surface area contributed by atoms with Gasteiger partial charge in [0.15, 0.2) is 5.75 Å². The molecule has 15 nitrogen and oxygen atoms in total. The van der Waals surface area contributed by atoms with Gasteiger partial charge in [-0.25, -0.2) is 0 Å². The van der Waals surface area contributed by atoms with E-state index in [1.54, 1.807) is 61.7 Å². The van der Waals surface area contributed by atoms with Crippen molar-refractivity contribution in [2.24, 2.45) is 20.5 Å². The van der Waals surface area contributed by atoms with Gasteiger partial charge in [0.05, 0.1) is 37.1 Å². The van der Waals surface area contributed by atoms with Gasteiger partial charge < -0.3 is 25.0 Å². The van der Waals surface area contributed by atoms with E-state index in [0.29, 0.717) is 33.6 Å². The molecule has 55 heavy (non-hydrogen) atoms. The minimum absolute atomic E-state index is 0.0558. The predicted molar refractivity (Wildman–Crippen MR) is 207 cm³/mol. The molecule has 0 heterocycles. The highest BCUT2D eigenvalue weighted by molar-refractivity contribution is 7.86. The quantitative estimate of drug-likeness (QED) is 0.0287. The van der Waals surface area contributed by atoms with Crippen LogP contribution >= 0.6 is 0 Å². The number of aliphatic hydroxyl groups is 1. The van der Waals surface area contributed by atoms with Crippen molar-refractivity contribution in [1.29, 1.82) is 0 Å². The lowest BCUT2D eigenvalue weighted by atomic mass is 10.1. The van der Waals surface area contributed by atoms with Crippen molar-refractivity contribution in [3.05, 3.63) is 136 Å². The number of benzene rings is 6. The molecule has 0 aromatic heterocycles. The summed E-state index contributed by atoms with van der Waals surface area (Å²) in [5.41, 5.74) is 3.59. The Kier molecular flexibility index (Phi) is 11.2. The van der Waals surface area contributed by atoms with Crippen LogP contribution in [0.5, 0.6) is 17.2 Å². The molecular weight excluding hydrogens is 729 g/mol. The summed E-state index contributed by atoms with van der Waals surface area (Å²) in [4.78, 5) is 9.71. The van der Waals surface area contributed by atoms with Crippen molar-refractivity contribution in [2.45, 2.75) is 11.5 Å². The Morgan fingerprint density at radius 2 is 1.47 bits per heavy atom. The first kappa shape index (κ1) is 37.7. The molecule has 0 aliphatic heterocycles. The van der Waals surface area contributed by atoms with Crippen LogP contribution in [0.25, 0.3) is 22.9 Å². The SMILES string of the molecule is COc1ccc(Nc2ccc3c(O)c(N=Nc4cc(CO)c(N=Nc5ccc(C=Cc6ccc([N+](=O)[O-])cc6S(=O)(=O)O)cc5)cc4OC)ccc3c2)cc1. The summed E-state index contributed by atoms with van der Waals surface area (Å²) in [6.07, 6.45) is 2.97. The zero-order chi connectivity index (χ0) is 39.1. The number of anilines is 2. The number of ether oxygens (including phenoxy) is 2. The van der Waals surface area contributed by atoms with E-state index in [9.17, 15) is 33.3 Å². The number of hydrogen-bond acceptors (Lipinski definition) is 13. The molecule has 0 spiro atoms. The summed E-state index contributed by atoms with van der Waals surface area (Å²) >= 11 is 0. The fraction of sp³-hybridized carbons (Fsp3) is 0.0769. The van der Waals surface area contributed by atoms with Crippen LogP contribution in [0.15, 0.2) is 135 Å². The van der Waals surface area contributed by atoms with Gasteiger partial charge in [-0.05, 0) is 89.3 Å². The van der Waals surface area contributed by atoms with Crippen LogP contribution in [-0.2, 0) is 16.7 Å². The molecule has 0 saturated heterocycles. The molecule has 0 atom stereocenters. The Morgan fingerprint density at radius 3 is 2.15 bits per heavy atom. The second kappa shape index (κ2) is 16.3. The Morgan fingerprint density at radius 1 is 0.764 bits per heavy atom. The molecule has 0 unspecified atom stereocenters. The number of nitro groups is 1. The number of aromatic hydroxyl groups is 1. The van der Waals surface area contributed by atoms with Crippen molar-refractivity contribution in [3.63, 3.8) is 0 Å². The van der Waals surface area contributed by atoms with Gasteiger partial charge in [0.1, 0.15) is 27.8 Å². The van der Waals surface area contributed by atoms with Crippen LogP contribution in [0.3, 0.4) is 0 Å². The van der Waals surface area contributed by atoms with Crippen LogP contribution in [0.1, 0.15) is 16.7 Å². The molecule has 0 bridgehead atoms. The smallest absolute Gasteiger partial charge is 0.295 e. The molecular formula is C39H32N6O9S. The van der Waals surface area contributed by atoms with E-state index in [1.165, 1.54) is 19.3 Å². The van der Waals surface area contributed by atoms with Gasteiger partial charge in [0.2, 0.25) is 0 Å². The van der Waals surface area contributed by atoms with Gasteiger partial charge in [-0.1, -0.05) is 30.4 Å². The Balaban J connectivity index is 1.17. The fourth-order valence-corrected chi connectivity index (χ4v) is 6.12. The van der Waals surface area contributed by atoms with Gasteiger partial charge in [0, 0.05) is 40.5 Å². The Labute approximate surface area is 314 Å². The van der Waals surface area contributed by atoms with E-state index in [2.05, 4.69) is 25.8 Å². The number of phenols is 1. The number of fused-ring (bicyclic) bond motifs is 1. The van der Waals surface area contributed by atoms with Crippen molar-refractivity contribution in [1.82, 2.24) is 0 Å². The molecule has 0 saturated carbocycles. The normalized spacial score (nSPS) is 11.9. The molecule has 278 valence electrons. The van der Waals surface area contributed by atoms with Crippen LogP contribution in [-0.4, -0.2) is 42.3 Å². The number of hydrogen-bond donors (Lipinski definition) is 4. The number of aliphatic hydroxyl groups excluding tert-OH is 1.